The average molecular weight is 410 g/mol. The second-order valence-electron chi connectivity index (χ2n) is 6.31. The quantitative estimate of drug-likeness (QED) is 0.761. The molecule has 27 heavy (non-hydrogen) atoms. The molecule has 1 N–H and O–H groups in total. The van der Waals surface area contributed by atoms with E-state index in [4.69, 9.17) is 4.74 Å². The van der Waals surface area contributed by atoms with Gasteiger partial charge in [-0.2, -0.15) is 0 Å². The number of halogens is 1. The predicted octanol–water partition coefficient (Wildman–Crippen LogP) is 3.15. The first-order chi connectivity index (χ1) is 12.9. The van der Waals surface area contributed by atoms with E-state index in [1.165, 1.54) is 23.9 Å². The standard InChI is InChI=1S/C19H20FNO4S2/c20-15-3-7-17(8-4-15)25-16-5-1-14(2-6-16)11-21-19(22)12-26-18-9-10-27(23,24)13-18/h1-8,18H,9-13H2,(H,21,22). The van der Waals surface area contributed by atoms with Crippen LogP contribution in [-0.4, -0.2) is 36.8 Å². The van der Waals surface area contributed by atoms with Crippen molar-refractivity contribution in [2.24, 2.45) is 0 Å². The zero-order chi connectivity index (χ0) is 19.3. The fourth-order valence-corrected chi connectivity index (χ4v) is 6.12. The lowest BCUT2D eigenvalue weighted by Crippen LogP contribution is -2.25. The van der Waals surface area contributed by atoms with Crippen molar-refractivity contribution in [2.75, 3.05) is 17.3 Å². The summed E-state index contributed by atoms with van der Waals surface area (Å²) in [5.41, 5.74) is 0.920. The maximum absolute atomic E-state index is 12.9. The van der Waals surface area contributed by atoms with Crippen LogP contribution in [-0.2, 0) is 21.2 Å². The summed E-state index contributed by atoms with van der Waals surface area (Å²) in [6.07, 6.45) is 0.621. The van der Waals surface area contributed by atoms with Gasteiger partial charge in [-0.1, -0.05) is 12.1 Å². The molecule has 1 aliphatic rings. The predicted molar refractivity (Wildman–Crippen MR) is 104 cm³/mol. The van der Waals surface area contributed by atoms with Crippen LogP contribution in [0.5, 0.6) is 11.5 Å². The van der Waals surface area contributed by atoms with Crippen LogP contribution >= 0.6 is 11.8 Å². The van der Waals surface area contributed by atoms with Gasteiger partial charge in [-0.3, -0.25) is 4.79 Å². The fourth-order valence-electron chi connectivity index (χ4n) is 2.65. The number of hydrogen-bond acceptors (Lipinski definition) is 5. The third kappa shape index (κ3) is 6.25. The lowest BCUT2D eigenvalue weighted by molar-refractivity contribution is -0.118. The van der Waals surface area contributed by atoms with E-state index in [0.717, 1.165) is 5.56 Å². The summed E-state index contributed by atoms with van der Waals surface area (Å²) in [5, 5.41) is 2.84. The first kappa shape index (κ1) is 19.7. The van der Waals surface area contributed by atoms with Gasteiger partial charge < -0.3 is 10.1 Å². The summed E-state index contributed by atoms with van der Waals surface area (Å²) in [5.74, 6) is 1.38. The highest BCUT2D eigenvalue weighted by Gasteiger charge is 2.28. The van der Waals surface area contributed by atoms with Crippen LogP contribution in [0.25, 0.3) is 0 Å². The molecule has 0 bridgehead atoms. The smallest absolute Gasteiger partial charge is 0.230 e. The van der Waals surface area contributed by atoms with Crippen LogP contribution in [0.4, 0.5) is 4.39 Å². The fraction of sp³-hybridized carbons (Fsp3) is 0.316. The van der Waals surface area contributed by atoms with Crippen LogP contribution < -0.4 is 10.1 Å². The van der Waals surface area contributed by atoms with E-state index < -0.39 is 9.84 Å². The van der Waals surface area contributed by atoms with Gasteiger partial charge in [0.1, 0.15) is 17.3 Å². The molecule has 1 unspecified atom stereocenters. The molecule has 0 radical (unpaired) electrons. The summed E-state index contributed by atoms with van der Waals surface area (Å²) < 4.78 is 41.3. The Hall–Kier alpha value is -2.06. The molecule has 1 aliphatic heterocycles. The highest BCUT2D eigenvalue weighted by atomic mass is 32.2. The van der Waals surface area contributed by atoms with E-state index in [1.807, 2.05) is 12.1 Å². The molecular weight excluding hydrogens is 389 g/mol. The number of thioether (sulfide) groups is 1. The van der Waals surface area contributed by atoms with Crippen molar-refractivity contribution in [1.82, 2.24) is 5.32 Å². The number of benzene rings is 2. The molecule has 2 aromatic rings. The van der Waals surface area contributed by atoms with Gasteiger partial charge in [0.05, 0.1) is 17.3 Å². The summed E-state index contributed by atoms with van der Waals surface area (Å²) in [6, 6.07) is 13.0. The molecule has 0 aromatic heterocycles. The van der Waals surface area contributed by atoms with Gasteiger partial charge in [0.15, 0.2) is 9.84 Å². The van der Waals surface area contributed by atoms with Crippen molar-refractivity contribution in [3.05, 3.63) is 59.9 Å². The third-order valence-corrected chi connectivity index (χ3v) is 7.38. The van der Waals surface area contributed by atoms with E-state index in [9.17, 15) is 17.6 Å². The molecule has 1 saturated heterocycles. The number of hydrogen-bond donors (Lipinski definition) is 1. The summed E-state index contributed by atoms with van der Waals surface area (Å²) >= 11 is 1.40. The molecular formula is C19H20FNO4S2. The third-order valence-electron chi connectivity index (χ3n) is 4.10. The zero-order valence-electron chi connectivity index (χ0n) is 14.6. The number of sulfone groups is 1. The second-order valence-corrected chi connectivity index (χ2v) is 9.83. The summed E-state index contributed by atoms with van der Waals surface area (Å²) in [7, 11) is -2.91. The van der Waals surface area contributed by atoms with Crippen LogP contribution in [0.15, 0.2) is 48.5 Å². The van der Waals surface area contributed by atoms with Gasteiger partial charge in [0.25, 0.3) is 0 Å². The minimum Gasteiger partial charge on any atom is -0.457 e. The topological polar surface area (TPSA) is 72.5 Å². The summed E-state index contributed by atoms with van der Waals surface area (Å²) in [6.45, 7) is 0.388. The summed E-state index contributed by atoms with van der Waals surface area (Å²) in [4.78, 5) is 11.9. The molecule has 8 heteroatoms. The van der Waals surface area contributed by atoms with E-state index in [2.05, 4.69) is 5.32 Å². The highest BCUT2D eigenvalue weighted by molar-refractivity contribution is 8.02. The Morgan fingerprint density at radius 1 is 1.11 bits per heavy atom. The lowest BCUT2D eigenvalue weighted by Gasteiger charge is -2.09. The Labute approximate surface area is 162 Å². The number of rotatable bonds is 7. The van der Waals surface area contributed by atoms with Crippen LogP contribution in [0.1, 0.15) is 12.0 Å². The second kappa shape index (κ2) is 8.75. The highest BCUT2D eigenvalue weighted by Crippen LogP contribution is 2.24. The van der Waals surface area contributed by atoms with Crippen molar-refractivity contribution in [2.45, 2.75) is 18.2 Å². The molecule has 1 fully saturated rings. The van der Waals surface area contributed by atoms with Crippen LogP contribution in [0.3, 0.4) is 0 Å². The number of nitrogens with one attached hydrogen (secondary N) is 1. The zero-order valence-corrected chi connectivity index (χ0v) is 16.2. The Morgan fingerprint density at radius 2 is 1.74 bits per heavy atom. The van der Waals surface area contributed by atoms with Crippen molar-refractivity contribution in [1.29, 1.82) is 0 Å². The van der Waals surface area contributed by atoms with Gasteiger partial charge >= 0.3 is 0 Å². The van der Waals surface area contributed by atoms with Gasteiger partial charge in [-0.15, -0.1) is 11.8 Å². The van der Waals surface area contributed by atoms with Gasteiger partial charge in [-0.25, -0.2) is 12.8 Å². The van der Waals surface area contributed by atoms with Crippen molar-refractivity contribution in [3.63, 3.8) is 0 Å². The first-order valence-corrected chi connectivity index (χ1v) is 11.4. The van der Waals surface area contributed by atoms with Crippen LogP contribution in [0.2, 0.25) is 0 Å². The van der Waals surface area contributed by atoms with Crippen LogP contribution in [0, 0.1) is 5.82 Å². The molecule has 0 aliphatic carbocycles. The van der Waals surface area contributed by atoms with E-state index in [1.54, 1.807) is 24.3 Å². The molecule has 144 valence electrons. The van der Waals surface area contributed by atoms with Crippen molar-refractivity contribution < 1.29 is 22.3 Å². The number of carbonyl (C=O) groups excluding carboxylic acids is 1. The normalized spacial score (nSPS) is 18.2. The largest absolute Gasteiger partial charge is 0.457 e. The molecule has 1 amide bonds. The molecule has 1 heterocycles. The minimum atomic E-state index is -2.91. The van der Waals surface area contributed by atoms with Gasteiger partial charge in [-0.05, 0) is 48.4 Å². The Balaban J connectivity index is 1.41. The van der Waals surface area contributed by atoms with Gasteiger partial charge in [0, 0.05) is 11.8 Å². The van der Waals surface area contributed by atoms with Gasteiger partial charge in [0.2, 0.25) is 5.91 Å². The minimum absolute atomic E-state index is 0.0173. The molecule has 5 nitrogen and oxygen atoms in total. The number of amides is 1. The molecule has 3 rings (SSSR count). The number of ether oxygens (including phenoxy) is 1. The van der Waals surface area contributed by atoms with E-state index in [-0.39, 0.29) is 34.2 Å². The Morgan fingerprint density at radius 3 is 2.33 bits per heavy atom. The van der Waals surface area contributed by atoms with E-state index >= 15 is 0 Å². The Bertz CT molecular complexity index is 883. The maximum atomic E-state index is 12.9. The molecule has 0 saturated carbocycles. The van der Waals surface area contributed by atoms with Crippen molar-refractivity contribution >= 4 is 27.5 Å². The molecule has 2 aromatic carbocycles. The van der Waals surface area contributed by atoms with E-state index in [0.29, 0.717) is 24.5 Å². The average Bonchev–Trinajstić information content (AvgIpc) is 3.00. The molecule has 1 atom stereocenters. The lowest BCUT2D eigenvalue weighted by atomic mass is 10.2. The first-order valence-electron chi connectivity index (χ1n) is 8.51. The Kier molecular flexibility index (Phi) is 6.38. The monoisotopic (exact) mass is 409 g/mol. The molecule has 0 spiro atoms. The number of carbonyl (C=O) groups is 1. The van der Waals surface area contributed by atoms with Crippen molar-refractivity contribution in [3.8, 4) is 11.5 Å². The maximum Gasteiger partial charge on any atom is 0.230 e. The SMILES string of the molecule is O=C(CSC1CCS(=O)(=O)C1)NCc1ccc(Oc2ccc(F)cc2)cc1.